The number of unbranched alkanes of at least 4 members (excludes halogenated alkanes) is 3. The zero-order chi connectivity index (χ0) is 35.5. The predicted octanol–water partition coefficient (Wildman–Crippen LogP) is 4.50. The summed E-state index contributed by atoms with van der Waals surface area (Å²) in [7, 11) is 0. The van der Waals surface area contributed by atoms with Crippen molar-refractivity contribution in [1.29, 1.82) is 5.41 Å². The Morgan fingerprint density at radius 1 is 1.00 bits per heavy atom. The number of thioether (sulfide) groups is 2. The molecule has 1 aliphatic rings. The van der Waals surface area contributed by atoms with Gasteiger partial charge >= 0.3 is 5.97 Å². The van der Waals surface area contributed by atoms with Gasteiger partial charge in [-0.15, -0.1) is 0 Å². The summed E-state index contributed by atoms with van der Waals surface area (Å²) in [5.74, 6) is 4.29. The smallest absolute Gasteiger partial charge is 0.325 e. The Kier molecular flexibility index (Phi) is 27.9. The average molecular weight is 690 g/mol. The first kappa shape index (κ1) is 46.0. The van der Waals surface area contributed by atoms with Crippen LogP contribution in [0.5, 0.6) is 0 Å². The molecule has 6 N–H and O–H groups in total. The molecule has 3 unspecified atom stereocenters. The molecule has 0 radical (unpaired) electrons. The van der Waals surface area contributed by atoms with Crippen LogP contribution < -0.4 is 21.7 Å². The number of ether oxygens (including phenoxy) is 1. The molecule has 13 heteroatoms. The third-order valence-corrected chi connectivity index (χ3v) is 8.95. The number of nitrogens with two attached hydrogens (primary N) is 1. The Bertz CT molecular complexity index is 898. The SMILES string of the molecule is CC(C)C(=O)NC1CSCC1C.CCC(=O)C=N.CCCCCSCCC(=O)NCCCCC(N)C(=O)NCC(=O)OC(C)(C)C. The molecule has 0 aromatic carbocycles. The minimum atomic E-state index is -0.669. The number of rotatable bonds is 19. The lowest BCUT2D eigenvalue weighted by Gasteiger charge is -2.20. The highest BCUT2D eigenvalue weighted by Crippen LogP contribution is 2.23. The van der Waals surface area contributed by atoms with Crippen LogP contribution in [0.2, 0.25) is 0 Å². The fraction of sp³-hybridized carbons (Fsp3) is 0.818. The second kappa shape index (κ2) is 27.9. The first-order valence-electron chi connectivity index (χ1n) is 16.6. The van der Waals surface area contributed by atoms with Crippen molar-refractivity contribution in [3.63, 3.8) is 0 Å². The molecule has 268 valence electrons. The van der Waals surface area contributed by atoms with Crippen molar-refractivity contribution < 1.29 is 28.7 Å². The van der Waals surface area contributed by atoms with Gasteiger partial charge in [0.05, 0.1) is 12.3 Å². The number of esters is 1. The Morgan fingerprint density at radius 2 is 1.67 bits per heavy atom. The molecule has 0 aromatic rings. The summed E-state index contributed by atoms with van der Waals surface area (Å²) in [6.07, 6.45) is 7.51. The molecule has 0 saturated carbocycles. The average Bonchev–Trinajstić information content (AvgIpc) is 3.40. The van der Waals surface area contributed by atoms with E-state index in [1.54, 1.807) is 27.7 Å². The van der Waals surface area contributed by atoms with E-state index in [2.05, 4.69) is 29.8 Å². The lowest BCUT2D eigenvalue weighted by molar-refractivity contribution is -0.154. The quantitative estimate of drug-likeness (QED) is 0.0742. The zero-order valence-corrected chi connectivity index (χ0v) is 31.3. The van der Waals surface area contributed by atoms with Gasteiger partial charge in [0.2, 0.25) is 17.7 Å². The summed E-state index contributed by atoms with van der Waals surface area (Å²) in [5.41, 5.74) is 5.25. The van der Waals surface area contributed by atoms with Gasteiger partial charge in [-0.1, -0.05) is 47.5 Å². The largest absolute Gasteiger partial charge is 0.459 e. The van der Waals surface area contributed by atoms with Crippen LogP contribution in [0, 0.1) is 17.2 Å². The van der Waals surface area contributed by atoms with Gasteiger partial charge in [0.15, 0.2) is 5.78 Å². The van der Waals surface area contributed by atoms with Gasteiger partial charge in [-0.3, -0.25) is 24.0 Å². The van der Waals surface area contributed by atoms with E-state index in [4.69, 9.17) is 15.9 Å². The Balaban J connectivity index is 0. The highest BCUT2D eigenvalue weighted by Gasteiger charge is 2.25. The molecule has 1 rings (SSSR count). The number of Topliss-reactive ketones (excluding diaryl/α,β-unsaturated/α-hetero) is 1. The highest BCUT2D eigenvalue weighted by atomic mass is 32.2. The maximum absolute atomic E-state index is 11.9. The Morgan fingerprint density at radius 3 is 2.17 bits per heavy atom. The molecule has 0 aliphatic carbocycles. The monoisotopic (exact) mass is 689 g/mol. The maximum Gasteiger partial charge on any atom is 0.325 e. The van der Waals surface area contributed by atoms with Crippen molar-refractivity contribution in [3.05, 3.63) is 0 Å². The van der Waals surface area contributed by atoms with Crippen LogP contribution in [0.1, 0.15) is 107 Å². The van der Waals surface area contributed by atoms with E-state index >= 15 is 0 Å². The maximum atomic E-state index is 11.9. The number of ketones is 1. The molecule has 3 amide bonds. The molecule has 0 aromatic heterocycles. The Hall–Kier alpha value is -2.12. The van der Waals surface area contributed by atoms with E-state index in [0.29, 0.717) is 37.8 Å². The third kappa shape index (κ3) is 28.1. The van der Waals surface area contributed by atoms with Crippen molar-refractivity contribution in [2.24, 2.45) is 17.6 Å². The first-order chi connectivity index (χ1) is 21.6. The lowest BCUT2D eigenvalue weighted by Crippen LogP contribution is -2.43. The van der Waals surface area contributed by atoms with Gasteiger partial charge in [-0.2, -0.15) is 23.5 Å². The molecule has 11 nitrogen and oxygen atoms in total. The van der Waals surface area contributed by atoms with Crippen LogP contribution in [0.3, 0.4) is 0 Å². The number of hydrogen-bond donors (Lipinski definition) is 5. The molecular weight excluding hydrogens is 627 g/mol. The van der Waals surface area contributed by atoms with Crippen molar-refractivity contribution in [1.82, 2.24) is 16.0 Å². The van der Waals surface area contributed by atoms with Crippen LogP contribution in [0.4, 0.5) is 0 Å². The number of carbonyl (C=O) groups is 5. The topological polar surface area (TPSA) is 181 Å². The zero-order valence-electron chi connectivity index (χ0n) is 29.6. The second-order valence-corrected chi connectivity index (χ2v) is 14.9. The van der Waals surface area contributed by atoms with E-state index in [1.165, 1.54) is 25.0 Å². The predicted molar refractivity (Wildman–Crippen MR) is 192 cm³/mol. The van der Waals surface area contributed by atoms with E-state index in [1.807, 2.05) is 37.4 Å². The van der Waals surface area contributed by atoms with Gasteiger partial charge in [0.25, 0.3) is 0 Å². The summed E-state index contributed by atoms with van der Waals surface area (Å²) in [6, 6.07) is -0.262. The molecular formula is C33H63N5O6S2. The molecule has 1 heterocycles. The Labute approximate surface area is 286 Å². The number of amides is 3. The summed E-state index contributed by atoms with van der Waals surface area (Å²) in [4.78, 5) is 56.4. The van der Waals surface area contributed by atoms with Crippen LogP contribution in [0.15, 0.2) is 0 Å². The minimum Gasteiger partial charge on any atom is -0.459 e. The van der Waals surface area contributed by atoms with E-state index in [0.717, 1.165) is 36.3 Å². The number of nitrogens with one attached hydrogen (secondary N) is 4. The van der Waals surface area contributed by atoms with E-state index in [-0.39, 0.29) is 36.0 Å². The molecule has 1 fully saturated rings. The molecule has 1 aliphatic heterocycles. The summed E-state index contributed by atoms with van der Waals surface area (Å²) in [5, 5.41) is 14.8. The van der Waals surface area contributed by atoms with Crippen LogP contribution in [-0.2, 0) is 28.7 Å². The minimum absolute atomic E-state index is 0.0717. The molecule has 0 bridgehead atoms. The molecule has 1 saturated heterocycles. The van der Waals surface area contributed by atoms with Crippen molar-refractivity contribution in [2.75, 3.05) is 36.1 Å². The van der Waals surface area contributed by atoms with Crippen molar-refractivity contribution in [2.45, 2.75) is 124 Å². The van der Waals surface area contributed by atoms with Crippen LogP contribution in [0.25, 0.3) is 0 Å². The fourth-order valence-corrected chi connectivity index (χ4v) is 5.97. The summed E-state index contributed by atoms with van der Waals surface area (Å²) < 4.78 is 5.12. The molecule has 46 heavy (non-hydrogen) atoms. The van der Waals surface area contributed by atoms with Gasteiger partial charge < -0.3 is 31.8 Å². The summed E-state index contributed by atoms with van der Waals surface area (Å²) >= 11 is 3.76. The van der Waals surface area contributed by atoms with E-state index in [9.17, 15) is 24.0 Å². The number of hydrogen-bond acceptors (Lipinski definition) is 10. The van der Waals surface area contributed by atoms with Crippen LogP contribution in [-0.4, -0.2) is 89.5 Å². The van der Waals surface area contributed by atoms with Crippen molar-refractivity contribution >= 4 is 59.2 Å². The van der Waals surface area contributed by atoms with Gasteiger partial charge in [-0.05, 0) is 63.9 Å². The normalized spacial score (nSPS) is 16.1. The molecule has 3 atom stereocenters. The highest BCUT2D eigenvalue weighted by molar-refractivity contribution is 7.99. The summed E-state index contributed by atoms with van der Waals surface area (Å²) in [6.45, 7) is 15.7. The van der Waals surface area contributed by atoms with Crippen molar-refractivity contribution in [3.8, 4) is 0 Å². The van der Waals surface area contributed by atoms with Crippen LogP contribution >= 0.6 is 23.5 Å². The molecule has 0 spiro atoms. The fourth-order valence-electron chi connectivity index (χ4n) is 3.62. The lowest BCUT2D eigenvalue weighted by atomic mass is 10.1. The second-order valence-electron chi connectivity index (χ2n) is 12.6. The van der Waals surface area contributed by atoms with E-state index < -0.39 is 17.6 Å². The third-order valence-electron chi connectivity index (χ3n) is 6.52. The first-order valence-corrected chi connectivity index (χ1v) is 18.9. The van der Waals surface area contributed by atoms with Gasteiger partial charge in [0.1, 0.15) is 12.1 Å². The van der Waals surface area contributed by atoms with Gasteiger partial charge in [0, 0.05) is 42.9 Å². The van der Waals surface area contributed by atoms with Gasteiger partial charge in [-0.25, -0.2) is 0 Å². The standard InChI is InChI=1S/C20H39N3O4S.C9H17NOS.C4H7NO/c1-5-6-9-13-28-14-11-17(24)22-12-8-7-10-16(21)19(26)23-15-18(25)27-20(2,3)4;1-6(2)9(11)10-8-5-12-4-7(8)3;1-2-4(6)3-5/h16H,5-15,21H2,1-4H3,(H,22,24)(H,23,26);6-8H,4-5H2,1-3H3,(H,10,11);3,5H,2H2,1H3. The number of carbonyl (C=O) groups excluding carboxylic acids is 5.